The lowest BCUT2D eigenvalue weighted by atomic mass is 9.97. The minimum absolute atomic E-state index is 0.0282. The van der Waals surface area contributed by atoms with E-state index in [4.69, 9.17) is 37.6 Å². The van der Waals surface area contributed by atoms with Gasteiger partial charge in [-0.2, -0.15) is 0 Å². The molecule has 3 fully saturated rings. The fourth-order valence-electron chi connectivity index (χ4n) is 6.41. The van der Waals surface area contributed by atoms with Crippen molar-refractivity contribution in [2.75, 3.05) is 26.9 Å². The number of hydrogen-bond acceptors (Lipinski definition) is 21. The first-order valence-corrected chi connectivity index (χ1v) is 16.9. The Hall–Kier alpha value is -3.75. The zero-order valence-electron chi connectivity index (χ0n) is 28.8. The van der Waals surface area contributed by atoms with Crippen molar-refractivity contribution in [2.45, 2.75) is 92.1 Å². The van der Waals surface area contributed by atoms with Crippen molar-refractivity contribution < 1.29 is 98.9 Å². The zero-order chi connectivity index (χ0) is 39.9. The number of methoxy groups -OCH3 is 1. The van der Waals surface area contributed by atoms with Crippen LogP contribution in [-0.2, 0) is 18.9 Å². The summed E-state index contributed by atoms with van der Waals surface area (Å²) in [6.45, 7) is -2.44. The van der Waals surface area contributed by atoms with Crippen molar-refractivity contribution in [3.63, 3.8) is 0 Å². The molecule has 0 bridgehead atoms. The van der Waals surface area contributed by atoms with Gasteiger partial charge < -0.3 is 98.9 Å². The van der Waals surface area contributed by atoms with E-state index in [1.165, 1.54) is 31.4 Å². The van der Waals surface area contributed by atoms with Gasteiger partial charge in [-0.3, -0.25) is 4.79 Å². The number of hydrogen-bond donors (Lipinski definition) is 12. The molecule has 0 amide bonds. The fourth-order valence-corrected chi connectivity index (χ4v) is 6.41. The maximum atomic E-state index is 12.9. The third-order valence-electron chi connectivity index (χ3n) is 9.53. The lowest BCUT2D eigenvalue weighted by Gasteiger charge is -2.45. The molecule has 6 rings (SSSR count). The highest BCUT2D eigenvalue weighted by molar-refractivity contribution is 5.76. The van der Waals surface area contributed by atoms with Crippen LogP contribution in [0.15, 0.2) is 45.6 Å². The maximum absolute atomic E-state index is 12.9. The average molecular weight is 787 g/mol. The second-order valence-electron chi connectivity index (χ2n) is 13.1. The van der Waals surface area contributed by atoms with Gasteiger partial charge in [0.15, 0.2) is 40.8 Å². The Bertz CT molecular complexity index is 1780. The molecule has 3 saturated heterocycles. The largest absolute Gasteiger partial charge is 0.504 e. The van der Waals surface area contributed by atoms with Crippen molar-refractivity contribution in [3.05, 3.63) is 46.6 Å². The number of aromatic hydroxyl groups is 1. The highest BCUT2D eigenvalue weighted by Gasteiger charge is 2.52. The Labute approximate surface area is 310 Å². The van der Waals surface area contributed by atoms with E-state index in [-0.39, 0.29) is 45.6 Å². The quantitative estimate of drug-likeness (QED) is 0.0869. The maximum Gasteiger partial charge on any atom is 0.229 e. The van der Waals surface area contributed by atoms with Gasteiger partial charge in [0.25, 0.3) is 0 Å². The topological polar surface area (TPSA) is 338 Å². The fraction of sp³-hybridized carbons (Fsp3) is 0.559. The molecule has 1 aliphatic carbocycles. The summed E-state index contributed by atoms with van der Waals surface area (Å²) in [5.74, 6) is -1.27. The summed E-state index contributed by atoms with van der Waals surface area (Å²) >= 11 is 0. The molecule has 0 saturated carbocycles. The minimum atomic E-state index is -1.96. The second-order valence-corrected chi connectivity index (χ2v) is 13.1. The van der Waals surface area contributed by atoms with Gasteiger partial charge in [0.2, 0.25) is 12.6 Å². The van der Waals surface area contributed by atoms with E-state index in [2.05, 4.69) is 0 Å². The summed E-state index contributed by atoms with van der Waals surface area (Å²) in [7, 11) is 1.28. The molecule has 4 aliphatic heterocycles. The van der Waals surface area contributed by atoms with Crippen LogP contribution < -0.4 is 19.6 Å². The number of fused-ring (bicyclic) bond motifs is 1. The van der Waals surface area contributed by atoms with Crippen LogP contribution in [0.25, 0.3) is 22.6 Å². The molecular weight excluding hydrogens is 744 g/mol. The van der Waals surface area contributed by atoms with Crippen LogP contribution in [0, 0.1) is 0 Å². The molecule has 0 radical (unpaired) electrons. The Morgan fingerprint density at radius 3 is 1.75 bits per heavy atom. The van der Waals surface area contributed by atoms with Gasteiger partial charge in [-0.15, -0.1) is 0 Å². The molecule has 5 aliphatic rings. The van der Waals surface area contributed by atoms with Crippen LogP contribution in [0.5, 0.6) is 23.0 Å². The highest BCUT2D eigenvalue weighted by atomic mass is 16.8. The molecule has 1 aromatic rings. The number of rotatable bonds is 11. The smallest absolute Gasteiger partial charge is 0.229 e. The molecule has 304 valence electrons. The van der Waals surface area contributed by atoms with Gasteiger partial charge >= 0.3 is 0 Å². The molecule has 4 heterocycles. The molecule has 0 aromatic heterocycles. The van der Waals surface area contributed by atoms with E-state index in [9.17, 15) is 66.1 Å². The third-order valence-corrected chi connectivity index (χ3v) is 9.53. The van der Waals surface area contributed by atoms with Crippen molar-refractivity contribution >= 4 is 0 Å². The van der Waals surface area contributed by atoms with Crippen molar-refractivity contribution in [3.8, 4) is 45.6 Å². The van der Waals surface area contributed by atoms with E-state index in [0.717, 1.165) is 12.1 Å². The molecule has 0 unspecified atom stereocenters. The van der Waals surface area contributed by atoms with Gasteiger partial charge in [-0.25, -0.2) is 0 Å². The zero-order valence-corrected chi connectivity index (χ0v) is 28.8. The van der Waals surface area contributed by atoms with Gasteiger partial charge in [0.1, 0.15) is 78.7 Å². The summed E-state index contributed by atoms with van der Waals surface area (Å²) in [6.07, 6.45) is -26.4. The molecule has 55 heavy (non-hydrogen) atoms. The predicted octanol–water partition coefficient (Wildman–Crippen LogP) is -4.69. The predicted molar refractivity (Wildman–Crippen MR) is 177 cm³/mol. The van der Waals surface area contributed by atoms with Crippen LogP contribution >= 0.6 is 0 Å². The highest BCUT2D eigenvalue weighted by Crippen LogP contribution is 2.44. The summed E-state index contributed by atoms with van der Waals surface area (Å²) in [6, 6.07) is 7.23. The molecule has 12 N–H and O–H groups in total. The van der Waals surface area contributed by atoms with Crippen molar-refractivity contribution in [1.29, 1.82) is 0 Å². The molecule has 0 spiro atoms. The first-order chi connectivity index (χ1) is 26.2. The molecule has 1 aromatic carbocycles. The Balaban J connectivity index is 1.45. The molecule has 15 atom stereocenters. The monoisotopic (exact) mass is 786 g/mol. The molecule has 21 nitrogen and oxygen atoms in total. The van der Waals surface area contributed by atoms with Crippen molar-refractivity contribution in [1.82, 2.24) is 0 Å². The van der Waals surface area contributed by atoms with Crippen LogP contribution in [0.1, 0.15) is 0 Å². The molecular formula is C34H42O21. The van der Waals surface area contributed by atoms with Crippen molar-refractivity contribution in [2.24, 2.45) is 0 Å². The Kier molecular flexibility index (Phi) is 12.5. The standard InChI is InChI=1S/C34H42O21/c1-48-17-4-11(2-3-14(17)39)30-18(7-13-15(49-30)5-12(38)6-16(13)50-32-28(46)25(43)22(40)19(8-35)52-32)51-34-31(27(45)24(42)21(10-37)54-34)55-33-29(47)26(44)23(41)20(9-36)53-33/h2-7,19-29,31-37,39-47H,8-10H2,1H3/t19-,20-,21+,22-,23-,24+,25+,26+,27-,28-,29-,31+,32-,33+,34+/m1/s1. The van der Waals surface area contributed by atoms with Crippen LogP contribution in [-0.4, -0.2) is 180 Å². The third kappa shape index (κ3) is 7.96. The summed E-state index contributed by atoms with van der Waals surface area (Å²) in [4.78, 5) is 12.9. The lowest BCUT2D eigenvalue weighted by Crippen LogP contribution is -2.65. The minimum Gasteiger partial charge on any atom is -0.504 e. The van der Waals surface area contributed by atoms with Gasteiger partial charge in [0.05, 0.1) is 32.5 Å². The van der Waals surface area contributed by atoms with Crippen LogP contribution in [0.2, 0.25) is 0 Å². The number of ether oxygens (including phenoxy) is 7. The molecule has 21 heteroatoms. The SMILES string of the molecule is COc1cc(-c2oc3cc(=O)cc(O[C@@H]4O[C@H](CO)[C@@H](O)[C@H](O)[C@H]4O)c-3cc2O[C@H]2O[C@@H](CO)[C@H](O)[C@@H](O)[C@@H]2O[C@@H]2O[C@H](CO)[C@@H](O)[C@H](O)[C@H]2O)ccc1O. The number of aliphatic hydroxyl groups excluding tert-OH is 11. The first-order valence-electron chi connectivity index (χ1n) is 16.9. The number of aliphatic hydroxyl groups is 11. The summed E-state index contributed by atoms with van der Waals surface area (Å²) < 4.78 is 45.8. The van der Waals surface area contributed by atoms with Gasteiger partial charge in [-0.05, 0) is 24.3 Å². The number of benzene rings is 2. The van der Waals surface area contributed by atoms with E-state index < -0.39 is 117 Å². The second kappa shape index (κ2) is 16.8. The number of phenols is 1. The first kappa shape index (κ1) is 40.9. The Morgan fingerprint density at radius 2 is 1.15 bits per heavy atom. The normalized spacial score (nSPS) is 36.8. The van der Waals surface area contributed by atoms with Gasteiger partial charge in [-0.1, -0.05) is 0 Å². The average Bonchev–Trinajstić information content (AvgIpc) is 3.17. The van der Waals surface area contributed by atoms with E-state index in [1.54, 1.807) is 0 Å². The number of phenolic OH excluding ortho intramolecular Hbond substituents is 1. The summed E-state index contributed by atoms with van der Waals surface area (Å²) in [5.41, 5.74) is -0.575. The lowest BCUT2D eigenvalue weighted by molar-refractivity contribution is -0.357. The summed E-state index contributed by atoms with van der Waals surface area (Å²) in [5, 5.41) is 124. The van der Waals surface area contributed by atoms with E-state index in [0.29, 0.717) is 0 Å². The Morgan fingerprint density at radius 1 is 0.600 bits per heavy atom. The van der Waals surface area contributed by atoms with E-state index in [1.807, 2.05) is 0 Å². The van der Waals surface area contributed by atoms with E-state index >= 15 is 0 Å². The van der Waals surface area contributed by atoms with Crippen LogP contribution in [0.4, 0.5) is 0 Å². The van der Waals surface area contributed by atoms with Crippen LogP contribution in [0.3, 0.4) is 0 Å². The van der Waals surface area contributed by atoms with Gasteiger partial charge in [0, 0.05) is 17.7 Å².